The van der Waals surface area contributed by atoms with Gasteiger partial charge >= 0.3 is 0 Å². The van der Waals surface area contributed by atoms with Crippen LogP contribution in [0.5, 0.6) is 11.5 Å². The fourth-order valence-electron chi connectivity index (χ4n) is 4.20. The molecule has 136 valence electrons. The van der Waals surface area contributed by atoms with E-state index in [1.54, 1.807) is 28.7 Å². The molecule has 7 nitrogen and oxygen atoms in total. The first-order valence-electron chi connectivity index (χ1n) is 8.79. The summed E-state index contributed by atoms with van der Waals surface area (Å²) in [5.41, 5.74) is 1.92. The van der Waals surface area contributed by atoms with Crippen LogP contribution in [0.2, 0.25) is 0 Å². The van der Waals surface area contributed by atoms with Crippen molar-refractivity contribution in [3.8, 4) is 11.5 Å². The van der Waals surface area contributed by atoms with Gasteiger partial charge in [0.15, 0.2) is 11.5 Å². The van der Waals surface area contributed by atoms with E-state index in [2.05, 4.69) is 9.97 Å². The normalized spacial score (nSPS) is 24.3. The maximum Gasteiger partial charge on any atom is 0.244 e. The summed E-state index contributed by atoms with van der Waals surface area (Å²) in [4.78, 5) is 9.06. The van der Waals surface area contributed by atoms with Gasteiger partial charge in [-0.2, -0.15) is 4.31 Å². The van der Waals surface area contributed by atoms with Gasteiger partial charge in [-0.1, -0.05) is 0 Å². The van der Waals surface area contributed by atoms with Gasteiger partial charge in [-0.15, -0.1) is 0 Å². The van der Waals surface area contributed by atoms with Gasteiger partial charge < -0.3 is 9.47 Å². The van der Waals surface area contributed by atoms with E-state index in [-0.39, 0.29) is 17.0 Å². The minimum atomic E-state index is -3.64. The molecule has 0 spiro atoms. The quantitative estimate of drug-likeness (QED) is 0.801. The molecule has 0 aliphatic carbocycles. The van der Waals surface area contributed by atoms with Crippen LogP contribution in [-0.2, 0) is 16.4 Å². The number of aryl methyl sites for hydroxylation is 1. The fraction of sp³-hybridized carbons (Fsp3) is 0.444. The van der Waals surface area contributed by atoms with E-state index >= 15 is 0 Å². The van der Waals surface area contributed by atoms with Gasteiger partial charge in [0, 0.05) is 30.3 Å². The molecule has 3 aliphatic heterocycles. The molecule has 1 fully saturated rings. The van der Waals surface area contributed by atoms with Crippen LogP contribution in [0.3, 0.4) is 0 Å². The minimum Gasteiger partial charge on any atom is -0.486 e. The van der Waals surface area contributed by atoms with Crippen molar-refractivity contribution in [3.05, 3.63) is 41.5 Å². The summed E-state index contributed by atoms with van der Waals surface area (Å²) in [6.07, 6.45) is 4.06. The molecule has 2 unspecified atom stereocenters. The topological polar surface area (TPSA) is 81.6 Å². The molecule has 4 heterocycles. The third-order valence-electron chi connectivity index (χ3n) is 5.34. The number of sulfonamides is 1. The van der Waals surface area contributed by atoms with Gasteiger partial charge in [0.05, 0.1) is 16.6 Å². The van der Waals surface area contributed by atoms with Gasteiger partial charge in [0.2, 0.25) is 10.0 Å². The van der Waals surface area contributed by atoms with E-state index in [1.165, 1.54) is 0 Å². The van der Waals surface area contributed by atoms with Crippen molar-refractivity contribution < 1.29 is 17.9 Å². The average molecular weight is 373 g/mol. The summed E-state index contributed by atoms with van der Waals surface area (Å²) in [7, 11) is -3.64. The fourth-order valence-corrected chi connectivity index (χ4v) is 6.07. The Bertz CT molecular complexity index is 992. The van der Waals surface area contributed by atoms with Crippen LogP contribution in [0.15, 0.2) is 29.3 Å². The van der Waals surface area contributed by atoms with Gasteiger partial charge in [0.1, 0.15) is 19.0 Å². The Hall–Kier alpha value is -2.19. The number of fused-ring (bicyclic) bond motifs is 5. The summed E-state index contributed by atoms with van der Waals surface area (Å²) in [6, 6.07) is 4.60. The highest BCUT2D eigenvalue weighted by molar-refractivity contribution is 7.89. The number of benzene rings is 1. The molecular formula is C18H19N3O4S. The second-order valence-corrected chi connectivity index (χ2v) is 8.75. The lowest BCUT2D eigenvalue weighted by Crippen LogP contribution is -2.42. The van der Waals surface area contributed by atoms with E-state index in [0.717, 1.165) is 29.9 Å². The highest BCUT2D eigenvalue weighted by Crippen LogP contribution is 2.46. The van der Waals surface area contributed by atoms with Crippen molar-refractivity contribution in [1.29, 1.82) is 0 Å². The molecule has 0 amide bonds. The smallest absolute Gasteiger partial charge is 0.244 e. The molecule has 0 radical (unpaired) electrons. The molecule has 1 aromatic heterocycles. The highest BCUT2D eigenvalue weighted by Gasteiger charge is 2.47. The number of aromatic nitrogens is 2. The van der Waals surface area contributed by atoms with E-state index in [9.17, 15) is 8.42 Å². The third-order valence-corrected chi connectivity index (χ3v) is 7.30. The van der Waals surface area contributed by atoms with E-state index in [4.69, 9.17) is 9.47 Å². The average Bonchev–Trinajstić information content (AvgIpc) is 2.97. The summed E-state index contributed by atoms with van der Waals surface area (Å²) in [5, 5.41) is 0. The predicted molar refractivity (Wildman–Crippen MR) is 92.7 cm³/mol. The molecule has 26 heavy (non-hydrogen) atoms. The van der Waals surface area contributed by atoms with Crippen LogP contribution in [0.25, 0.3) is 0 Å². The second kappa shape index (κ2) is 5.65. The molecule has 1 aromatic carbocycles. The highest BCUT2D eigenvalue weighted by atomic mass is 32.2. The molecule has 2 aromatic rings. The summed E-state index contributed by atoms with van der Waals surface area (Å²) in [6.45, 7) is 2.77. The number of hydrogen-bond donors (Lipinski definition) is 0. The maximum atomic E-state index is 13.4. The first-order chi connectivity index (χ1) is 12.5. The zero-order valence-corrected chi connectivity index (χ0v) is 15.2. The van der Waals surface area contributed by atoms with Crippen LogP contribution in [-0.4, -0.2) is 41.9 Å². The number of hydrogen-bond acceptors (Lipinski definition) is 6. The minimum absolute atomic E-state index is 0.0556. The number of nitrogens with zero attached hydrogens (tertiary/aromatic N) is 3. The molecule has 5 rings (SSSR count). The van der Waals surface area contributed by atoms with Crippen molar-refractivity contribution in [2.24, 2.45) is 0 Å². The van der Waals surface area contributed by atoms with Crippen LogP contribution in [0.1, 0.15) is 36.0 Å². The molecule has 2 bridgehead atoms. The van der Waals surface area contributed by atoms with Crippen LogP contribution >= 0.6 is 0 Å². The largest absolute Gasteiger partial charge is 0.486 e. The first kappa shape index (κ1) is 16.0. The van der Waals surface area contributed by atoms with Crippen molar-refractivity contribution in [1.82, 2.24) is 14.3 Å². The Morgan fingerprint density at radius 2 is 1.96 bits per heavy atom. The van der Waals surface area contributed by atoms with Crippen molar-refractivity contribution in [3.63, 3.8) is 0 Å². The maximum absolute atomic E-state index is 13.4. The Labute approximate surface area is 152 Å². The Kier molecular flexibility index (Phi) is 3.48. The molecule has 2 atom stereocenters. The van der Waals surface area contributed by atoms with E-state index in [0.29, 0.717) is 31.1 Å². The summed E-state index contributed by atoms with van der Waals surface area (Å²) in [5.74, 6) is 1.80. The van der Waals surface area contributed by atoms with Crippen molar-refractivity contribution in [2.45, 2.75) is 43.2 Å². The van der Waals surface area contributed by atoms with Crippen molar-refractivity contribution >= 4 is 10.0 Å². The lowest BCUT2D eigenvalue weighted by molar-refractivity contribution is 0.171. The van der Waals surface area contributed by atoms with Gasteiger partial charge in [0.25, 0.3) is 0 Å². The van der Waals surface area contributed by atoms with Gasteiger partial charge in [-0.25, -0.2) is 18.4 Å². The first-order valence-corrected chi connectivity index (χ1v) is 10.2. The molecular weight excluding hydrogens is 354 g/mol. The zero-order valence-electron chi connectivity index (χ0n) is 14.4. The molecule has 8 heteroatoms. The standard InChI is InChI=1S/C18H19N3O4S/c1-11-19-10-14-15(20-11)8-12-2-4-16(14)21(12)26(22,23)13-3-5-17-18(9-13)25-7-6-24-17/h3,5,9-10,12,16H,2,4,6-8H2,1H3. The number of ether oxygens (including phenoxy) is 2. The zero-order chi connectivity index (χ0) is 17.9. The summed E-state index contributed by atoms with van der Waals surface area (Å²) < 4.78 is 39.5. The van der Waals surface area contributed by atoms with Crippen molar-refractivity contribution in [2.75, 3.05) is 13.2 Å². The Morgan fingerprint density at radius 1 is 1.15 bits per heavy atom. The molecule has 0 saturated carbocycles. The molecule has 3 aliphatic rings. The number of rotatable bonds is 2. The molecule has 1 saturated heterocycles. The summed E-state index contributed by atoms with van der Waals surface area (Å²) >= 11 is 0. The van der Waals surface area contributed by atoms with Gasteiger partial charge in [-0.05, 0) is 31.9 Å². The monoisotopic (exact) mass is 373 g/mol. The predicted octanol–water partition coefficient (Wildman–Crippen LogP) is 2.01. The third kappa shape index (κ3) is 2.32. The van der Waals surface area contributed by atoms with Crippen LogP contribution in [0, 0.1) is 6.92 Å². The molecule has 0 N–H and O–H groups in total. The SMILES string of the molecule is Cc1ncc2c(n1)CC1CCC2N1S(=O)(=O)c1ccc2c(c1)OCCO2. The lowest BCUT2D eigenvalue weighted by Gasteiger charge is -2.34. The van der Waals surface area contributed by atoms with E-state index in [1.807, 2.05) is 6.92 Å². The second-order valence-electron chi connectivity index (χ2n) is 6.91. The van der Waals surface area contributed by atoms with Crippen LogP contribution in [0.4, 0.5) is 0 Å². The Morgan fingerprint density at radius 3 is 2.81 bits per heavy atom. The van der Waals surface area contributed by atoms with Gasteiger partial charge in [-0.3, -0.25) is 0 Å². The van der Waals surface area contributed by atoms with Crippen LogP contribution < -0.4 is 9.47 Å². The Balaban J connectivity index is 1.56. The lowest BCUT2D eigenvalue weighted by atomic mass is 10.0. The van der Waals surface area contributed by atoms with E-state index < -0.39 is 10.0 Å².